The summed E-state index contributed by atoms with van der Waals surface area (Å²) in [6, 6.07) is 21.5. The number of aromatic nitrogens is 2. The molecule has 0 fully saturated rings. The van der Waals surface area contributed by atoms with Gasteiger partial charge in [0.05, 0.1) is 0 Å². The molecule has 0 aliphatic rings. The summed E-state index contributed by atoms with van der Waals surface area (Å²) in [5.74, 6) is 0.355. The summed E-state index contributed by atoms with van der Waals surface area (Å²) < 4.78 is 5.80. The summed E-state index contributed by atoms with van der Waals surface area (Å²) >= 11 is 0. The Bertz CT molecular complexity index is 1260. The molecule has 7 nitrogen and oxygen atoms in total. The zero-order valence-corrected chi connectivity index (χ0v) is 17.8. The number of nitrogens with zero attached hydrogens (tertiary/aromatic N) is 2. The van der Waals surface area contributed by atoms with Crippen molar-refractivity contribution in [1.29, 1.82) is 0 Å². The molecule has 0 spiro atoms. The van der Waals surface area contributed by atoms with Crippen LogP contribution in [0.4, 0.5) is 5.69 Å². The molecule has 4 rings (SSSR count). The molecule has 2 amide bonds. The standard InChI is InChI=1S/C25H22N4O3/c1-3-26-22(30)19-7-5-9-21(15-19)27-23(31)17-10-12-18(13-11-17)24-28-29-25(32-24)20-8-4-6-16(2)14-20/h4-15H,3H2,1-2H3,(H,26,30)(H,27,31). The lowest BCUT2D eigenvalue weighted by molar-refractivity contribution is 0.0954. The fourth-order valence-corrected chi connectivity index (χ4v) is 3.20. The van der Waals surface area contributed by atoms with E-state index in [9.17, 15) is 9.59 Å². The number of hydrogen-bond acceptors (Lipinski definition) is 5. The largest absolute Gasteiger partial charge is 0.416 e. The number of carbonyl (C=O) groups excluding carboxylic acids is 2. The molecule has 0 saturated carbocycles. The van der Waals surface area contributed by atoms with Crippen LogP contribution in [0.5, 0.6) is 0 Å². The van der Waals surface area contributed by atoms with Crippen molar-refractivity contribution in [3.63, 3.8) is 0 Å². The highest BCUT2D eigenvalue weighted by Crippen LogP contribution is 2.25. The van der Waals surface area contributed by atoms with Crippen molar-refractivity contribution in [2.75, 3.05) is 11.9 Å². The Morgan fingerprint density at radius 3 is 2.25 bits per heavy atom. The molecule has 0 saturated heterocycles. The van der Waals surface area contributed by atoms with Crippen LogP contribution in [0, 0.1) is 6.92 Å². The summed E-state index contributed by atoms with van der Waals surface area (Å²) in [5, 5.41) is 13.8. The Morgan fingerprint density at radius 2 is 1.53 bits per heavy atom. The van der Waals surface area contributed by atoms with E-state index in [0.29, 0.717) is 40.7 Å². The molecule has 0 radical (unpaired) electrons. The predicted molar refractivity (Wildman–Crippen MR) is 122 cm³/mol. The molecular formula is C25H22N4O3. The van der Waals surface area contributed by atoms with Crippen molar-refractivity contribution in [2.45, 2.75) is 13.8 Å². The summed E-state index contributed by atoms with van der Waals surface area (Å²) in [7, 11) is 0. The van der Waals surface area contributed by atoms with Gasteiger partial charge in [0.15, 0.2) is 0 Å². The van der Waals surface area contributed by atoms with E-state index in [4.69, 9.17) is 4.42 Å². The third kappa shape index (κ3) is 4.73. The van der Waals surface area contributed by atoms with E-state index in [2.05, 4.69) is 20.8 Å². The van der Waals surface area contributed by atoms with Crippen molar-refractivity contribution in [2.24, 2.45) is 0 Å². The number of carbonyl (C=O) groups is 2. The first-order valence-corrected chi connectivity index (χ1v) is 10.2. The van der Waals surface area contributed by atoms with Gasteiger partial charge in [-0.1, -0.05) is 23.8 Å². The highest BCUT2D eigenvalue weighted by molar-refractivity contribution is 6.05. The van der Waals surface area contributed by atoms with Crippen molar-refractivity contribution in [1.82, 2.24) is 15.5 Å². The van der Waals surface area contributed by atoms with E-state index in [0.717, 1.165) is 11.1 Å². The number of hydrogen-bond donors (Lipinski definition) is 2. The van der Waals surface area contributed by atoms with E-state index >= 15 is 0 Å². The molecule has 7 heteroatoms. The molecule has 4 aromatic rings. The molecule has 0 atom stereocenters. The number of anilines is 1. The predicted octanol–water partition coefficient (Wildman–Crippen LogP) is 4.71. The third-order valence-corrected chi connectivity index (χ3v) is 4.80. The lowest BCUT2D eigenvalue weighted by Crippen LogP contribution is -2.22. The van der Waals surface area contributed by atoms with Gasteiger partial charge in [-0.2, -0.15) is 0 Å². The van der Waals surface area contributed by atoms with E-state index in [1.807, 2.05) is 38.1 Å². The van der Waals surface area contributed by atoms with E-state index in [1.54, 1.807) is 48.5 Å². The molecule has 2 N–H and O–H groups in total. The van der Waals surface area contributed by atoms with Gasteiger partial charge >= 0.3 is 0 Å². The fourth-order valence-electron chi connectivity index (χ4n) is 3.20. The van der Waals surface area contributed by atoms with Gasteiger partial charge in [0.2, 0.25) is 11.8 Å². The van der Waals surface area contributed by atoms with Crippen LogP contribution in [0.2, 0.25) is 0 Å². The molecule has 1 heterocycles. The molecule has 0 unspecified atom stereocenters. The van der Waals surface area contributed by atoms with Gasteiger partial charge in [-0.05, 0) is 68.4 Å². The second-order valence-corrected chi connectivity index (χ2v) is 7.25. The van der Waals surface area contributed by atoms with Gasteiger partial charge < -0.3 is 15.1 Å². The van der Waals surface area contributed by atoms with Crippen LogP contribution in [0.3, 0.4) is 0 Å². The van der Waals surface area contributed by atoms with E-state index < -0.39 is 0 Å². The van der Waals surface area contributed by atoms with Gasteiger partial charge in [0, 0.05) is 34.5 Å². The zero-order valence-electron chi connectivity index (χ0n) is 17.8. The smallest absolute Gasteiger partial charge is 0.255 e. The van der Waals surface area contributed by atoms with Crippen molar-refractivity contribution in [3.8, 4) is 22.9 Å². The van der Waals surface area contributed by atoms with Crippen LogP contribution >= 0.6 is 0 Å². The normalized spacial score (nSPS) is 10.6. The monoisotopic (exact) mass is 426 g/mol. The maximum atomic E-state index is 12.6. The van der Waals surface area contributed by atoms with E-state index in [1.165, 1.54) is 0 Å². The number of benzene rings is 3. The minimum Gasteiger partial charge on any atom is -0.416 e. The first kappa shape index (κ1) is 21.0. The topological polar surface area (TPSA) is 97.1 Å². The molecule has 0 aliphatic heterocycles. The summed E-state index contributed by atoms with van der Waals surface area (Å²) in [4.78, 5) is 24.6. The minimum atomic E-state index is -0.282. The third-order valence-electron chi connectivity index (χ3n) is 4.80. The maximum absolute atomic E-state index is 12.6. The Labute approximate surface area is 185 Å². The molecule has 3 aromatic carbocycles. The van der Waals surface area contributed by atoms with Gasteiger partial charge in [-0.3, -0.25) is 9.59 Å². The van der Waals surface area contributed by atoms with Crippen LogP contribution in [-0.4, -0.2) is 28.6 Å². The molecule has 0 bridgehead atoms. The van der Waals surface area contributed by atoms with Crippen molar-refractivity contribution >= 4 is 17.5 Å². The van der Waals surface area contributed by atoms with Crippen LogP contribution in [0.25, 0.3) is 22.9 Å². The highest BCUT2D eigenvalue weighted by Gasteiger charge is 2.13. The zero-order chi connectivity index (χ0) is 22.5. The first-order valence-electron chi connectivity index (χ1n) is 10.2. The molecule has 32 heavy (non-hydrogen) atoms. The minimum absolute atomic E-state index is 0.183. The molecular weight excluding hydrogens is 404 g/mol. The lowest BCUT2D eigenvalue weighted by atomic mass is 10.1. The first-order chi connectivity index (χ1) is 15.5. The fraction of sp³-hybridized carbons (Fsp3) is 0.120. The SMILES string of the molecule is CCNC(=O)c1cccc(NC(=O)c2ccc(-c3nnc(-c4cccc(C)c4)o3)cc2)c1. The Balaban J connectivity index is 1.47. The molecule has 1 aromatic heterocycles. The lowest BCUT2D eigenvalue weighted by Gasteiger charge is -2.08. The second-order valence-electron chi connectivity index (χ2n) is 7.25. The Hall–Kier alpha value is -4.26. The van der Waals surface area contributed by atoms with Gasteiger partial charge in [0.25, 0.3) is 11.8 Å². The van der Waals surface area contributed by atoms with Crippen LogP contribution in [-0.2, 0) is 0 Å². The summed E-state index contributed by atoms with van der Waals surface area (Å²) in [5.41, 5.74) is 4.17. The summed E-state index contributed by atoms with van der Waals surface area (Å²) in [6.07, 6.45) is 0. The maximum Gasteiger partial charge on any atom is 0.255 e. The quantitative estimate of drug-likeness (QED) is 0.465. The number of amides is 2. The number of aryl methyl sites for hydroxylation is 1. The average Bonchev–Trinajstić information content (AvgIpc) is 3.30. The van der Waals surface area contributed by atoms with Crippen molar-refractivity contribution < 1.29 is 14.0 Å². The van der Waals surface area contributed by atoms with Gasteiger partial charge in [-0.25, -0.2) is 0 Å². The highest BCUT2D eigenvalue weighted by atomic mass is 16.4. The van der Waals surface area contributed by atoms with Crippen LogP contribution < -0.4 is 10.6 Å². The van der Waals surface area contributed by atoms with Gasteiger partial charge in [-0.15, -0.1) is 10.2 Å². The Kier molecular flexibility index (Phi) is 6.07. The van der Waals surface area contributed by atoms with Crippen molar-refractivity contribution in [3.05, 3.63) is 89.5 Å². The van der Waals surface area contributed by atoms with Gasteiger partial charge in [0.1, 0.15) is 0 Å². The van der Waals surface area contributed by atoms with E-state index in [-0.39, 0.29) is 11.8 Å². The second kappa shape index (κ2) is 9.26. The van der Waals surface area contributed by atoms with Crippen LogP contribution in [0.1, 0.15) is 33.2 Å². The van der Waals surface area contributed by atoms with Crippen LogP contribution in [0.15, 0.2) is 77.2 Å². The molecule has 0 aliphatic carbocycles. The number of nitrogens with one attached hydrogen (secondary N) is 2. The average molecular weight is 426 g/mol. The Morgan fingerprint density at radius 1 is 0.812 bits per heavy atom. The summed E-state index contributed by atoms with van der Waals surface area (Å²) in [6.45, 7) is 4.39. The number of rotatable bonds is 6. The molecule has 160 valence electrons.